The molecule has 4 heterocycles. The normalized spacial score (nSPS) is 21.1. The molecule has 2 atom stereocenters. The quantitative estimate of drug-likeness (QED) is 0.729. The summed E-state index contributed by atoms with van der Waals surface area (Å²) in [6.45, 7) is 3.45. The van der Waals surface area contributed by atoms with Gasteiger partial charge in [-0.15, -0.1) is 10.2 Å². The van der Waals surface area contributed by atoms with E-state index >= 15 is 0 Å². The first-order valence-corrected chi connectivity index (χ1v) is 7.64. The van der Waals surface area contributed by atoms with E-state index in [9.17, 15) is 0 Å². The van der Waals surface area contributed by atoms with Gasteiger partial charge in [0.15, 0.2) is 0 Å². The molecular formula is C15H18N6O2. The molecule has 1 saturated heterocycles. The summed E-state index contributed by atoms with van der Waals surface area (Å²) in [5, 5.41) is 16.9. The smallest absolute Gasteiger partial charge is 0.268 e. The average molecular weight is 314 g/mol. The summed E-state index contributed by atoms with van der Waals surface area (Å²) < 4.78 is 15.3. The molecule has 0 amide bonds. The number of hydrogen-bond donors (Lipinski definition) is 0. The van der Waals surface area contributed by atoms with Crippen LogP contribution in [0.2, 0.25) is 0 Å². The Bertz CT molecular complexity index is 771. The van der Waals surface area contributed by atoms with Crippen LogP contribution in [0, 0.1) is 12.8 Å². The summed E-state index contributed by atoms with van der Waals surface area (Å²) >= 11 is 0. The highest BCUT2D eigenvalue weighted by Crippen LogP contribution is 2.35. The van der Waals surface area contributed by atoms with Gasteiger partial charge in [-0.25, -0.2) is 0 Å². The van der Waals surface area contributed by atoms with Crippen molar-refractivity contribution in [3.8, 4) is 11.6 Å². The van der Waals surface area contributed by atoms with Crippen LogP contribution in [-0.2, 0) is 18.3 Å². The molecule has 1 fully saturated rings. The highest BCUT2D eigenvalue weighted by atomic mass is 16.5. The predicted molar refractivity (Wildman–Crippen MR) is 80.3 cm³/mol. The summed E-state index contributed by atoms with van der Waals surface area (Å²) in [6, 6.07) is 3.84. The van der Waals surface area contributed by atoms with Crippen molar-refractivity contribution in [2.75, 3.05) is 6.61 Å². The molecule has 0 aliphatic carbocycles. The fraction of sp³-hybridized carbons (Fsp3) is 0.467. The molecule has 3 aromatic heterocycles. The third-order valence-corrected chi connectivity index (χ3v) is 4.21. The topological polar surface area (TPSA) is 83.8 Å². The van der Waals surface area contributed by atoms with E-state index in [1.54, 1.807) is 10.9 Å². The van der Waals surface area contributed by atoms with Gasteiger partial charge in [-0.05, 0) is 25.5 Å². The Balaban J connectivity index is 1.55. The number of aryl methyl sites for hydroxylation is 2. The lowest BCUT2D eigenvalue weighted by Gasteiger charge is -2.14. The maximum atomic E-state index is 5.82. The van der Waals surface area contributed by atoms with Crippen LogP contribution >= 0.6 is 0 Å². The molecule has 4 rings (SSSR count). The van der Waals surface area contributed by atoms with E-state index in [4.69, 9.17) is 9.15 Å². The van der Waals surface area contributed by atoms with Crippen LogP contribution in [0.5, 0.6) is 0 Å². The predicted octanol–water partition coefficient (Wildman–Crippen LogP) is 1.75. The van der Waals surface area contributed by atoms with E-state index in [1.807, 2.05) is 37.0 Å². The lowest BCUT2D eigenvalue weighted by atomic mass is 10.0. The lowest BCUT2D eigenvalue weighted by molar-refractivity contribution is 0.0633. The summed E-state index contributed by atoms with van der Waals surface area (Å²) in [7, 11) is 1.89. The molecule has 23 heavy (non-hydrogen) atoms. The van der Waals surface area contributed by atoms with Gasteiger partial charge in [-0.1, -0.05) is 0 Å². The van der Waals surface area contributed by atoms with Crippen LogP contribution in [0.3, 0.4) is 0 Å². The van der Waals surface area contributed by atoms with Gasteiger partial charge in [0.1, 0.15) is 11.8 Å². The Hall–Kier alpha value is -2.48. The van der Waals surface area contributed by atoms with Crippen LogP contribution in [0.15, 0.2) is 28.9 Å². The number of nitrogens with zero attached hydrogens (tertiary/aromatic N) is 6. The van der Waals surface area contributed by atoms with E-state index in [2.05, 4.69) is 20.4 Å². The highest BCUT2D eigenvalue weighted by Gasteiger charge is 2.34. The molecule has 8 nitrogen and oxygen atoms in total. The second kappa shape index (κ2) is 5.62. The fourth-order valence-corrected chi connectivity index (χ4v) is 2.86. The molecule has 1 aliphatic rings. The maximum Gasteiger partial charge on any atom is 0.268 e. The van der Waals surface area contributed by atoms with Gasteiger partial charge in [0, 0.05) is 44.2 Å². The van der Waals surface area contributed by atoms with Crippen molar-refractivity contribution in [2.24, 2.45) is 13.0 Å². The molecule has 0 radical (unpaired) electrons. The number of aromatic nitrogens is 6. The summed E-state index contributed by atoms with van der Waals surface area (Å²) in [5.74, 6) is 1.21. The van der Waals surface area contributed by atoms with Crippen molar-refractivity contribution in [1.29, 1.82) is 0 Å². The lowest BCUT2D eigenvalue weighted by Crippen LogP contribution is -2.15. The number of ether oxygens (including phenoxy) is 1. The first-order chi connectivity index (χ1) is 11.2. The minimum Gasteiger partial charge on any atom is -0.416 e. The van der Waals surface area contributed by atoms with E-state index < -0.39 is 0 Å². The van der Waals surface area contributed by atoms with Crippen LogP contribution in [0.25, 0.3) is 11.6 Å². The summed E-state index contributed by atoms with van der Waals surface area (Å²) in [4.78, 5) is 0. The second-order valence-electron chi connectivity index (χ2n) is 5.81. The Kier molecular flexibility index (Phi) is 3.45. The van der Waals surface area contributed by atoms with Crippen molar-refractivity contribution in [3.05, 3.63) is 36.1 Å². The van der Waals surface area contributed by atoms with E-state index in [0.29, 0.717) is 24.1 Å². The van der Waals surface area contributed by atoms with Crippen molar-refractivity contribution in [2.45, 2.75) is 26.0 Å². The molecule has 3 aromatic rings. The SMILES string of the molecule is Cc1cc(-c2nnc([C@H]3OCC[C@H]3Cn3cccn3)o2)nn1C. The van der Waals surface area contributed by atoms with Gasteiger partial charge in [0.25, 0.3) is 5.89 Å². The highest BCUT2D eigenvalue weighted by molar-refractivity contribution is 5.46. The van der Waals surface area contributed by atoms with Crippen molar-refractivity contribution >= 4 is 0 Å². The number of hydrogen-bond acceptors (Lipinski definition) is 6. The Morgan fingerprint density at radius 3 is 3.00 bits per heavy atom. The minimum atomic E-state index is -0.190. The Labute approximate surface area is 133 Å². The zero-order valence-electron chi connectivity index (χ0n) is 13.1. The van der Waals surface area contributed by atoms with Gasteiger partial charge in [0.05, 0.1) is 0 Å². The molecule has 1 aliphatic heterocycles. The third kappa shape index (κ3) is 2.65. The van der Waals surface area contributed by atoms with Gasteiger partial charge >= 0.3 is 0 Å². The monoisotopic (exact) mass is 314 g/mol. The first-order valence-electron chi connectivity index (χ1n) is 7.64. The molecule has 0 aromatic carbocycles. The molecule has 0 N–H and O–H groups in total. The average Bonchev–Trinajstić information content (AvgIpc) is 3.29. The van der Waals surface area contributed by atoms with Gasteiger partial charge in [-0.3, -0.25) is 9.36 Å². The summed E-state index contributed by atoms with van der Waals surface area (Å²) in [5.41, 5.74) is 1.72. The largest absolute Gasteiger partial charge is 0.416 e. The van der Waals surface area contributed by atoms with Crippen LogP contribution in [0.4, 0.5) is 0 Å². The summed E-state index contributed by atoms with van der Waals surface area (Å²) in [6.07, 6.45) is 4.49. The molecule has 0 spiro atoms. The number of rotatable bonds is 4. The molecule has 0 unspecified atom stereocenters. The van der Waals surface area contributed by atoms with Gasteiger partial charge in [0.2, 0.25) is 5.89 Å². The maximum absolute atomic E-state index is 5.82. The Morgan fingerprint density at radius 2 is 2.26 bits per heavy atom. The van der Waals surface area contributed by atoms with Crippen molar-refractivity contribution in [1.82, 2.24) is 29.8 Å². The van der Waals surface area contributed by atoms with Crippen LogP contribution in [-0.4, -0.2) is 36.4 Å². The third-order valence-electron chi connectivity index (χ3n) is 4.21. The molecule has 120 valence electrons. The van der Waals surface area contributed by atoms with Gasteiger partial charge in [-0.2, -0.15) is 10.2 Å². The molecule has 0 saturated carbocycles. The van der Waals surface area contributed by atoms with E-state index in [0.717, 1.165) is 18.7 Å². The molecule has 8 heteroatoms. The van der Waals surface area contributed by atoms with Crippen LogP contribution < -0.4 is 0 Å². The second-order valence-corrected chi connectivity index (χ2v) is 5.81. The van der Waals surface area contributed by atoms with Crippen molar-refractivity contribution < 1.29 is 9.15 Å². The zero-order valence-corrected chi connectivity index (χ0v) is 13.1. The first kappa shape index (κ1) is 14.1. The standard InChI is InChI=1S/C15H18N6O2/c1-10-8-12(19-20(10)2)14-17-18-15(23-14)13-11(4-7-22-13)9-21-6-3-5-16-21/h3,5-6,8,11,13H,4,7,9H2,1-2H3/t11-,13-/m0/s1. The van der Waals surface area contributed by atoms with E-state index in [1.165, 1.54) is 0 Å². The van der Waals surface area contributed by atoms with Crippen LogP contribution in [0.1, 0.15) is 24.1 Å². The van der Waals surface area contributed by atoms with Gasteiger partial charge < -0.3 is 9.15 Å². The molecular weight excluding hydrogens is 296 g/mol. The zero-order chi connectivity index (χ0) is 15.8. The van der Waals surface area contributed by atoms with Crippen molar-refractivity contribution in [3.63, 3.8) is 0 Å². The molecule has 0 bridgehead atoms. The fourth-order valence-electron chi connectivity index (χ4n) is 2.86. The van der Waals surface area contributed by atoms with E-state index in [-0.39, 0.29) is 12.0 Å². The minimum absolute atomic E-state index is 0.190. The Morgan fingerprint density at radius 1 is 1.35 bits per heavy atom.